The zero-order valence-electron chi connectivity index (χ0n) is 3.50. The molecule has 0 spiro atoms. The summed E-state index contributed by atoms with van der Waals surface area (Å²) in [5, 5.41) is 7.43. The van der Waals surface area contributed by atoms with Crippen LogP contribution in [-0.4, -0.2) is 10.2 Å². The molecule has 1 rings (SSSR count). The van der Waals surface area contributed by atoms with Crippen LogP contribution in [0.3, 0.4) is 0 Å². The summed E-state index contributed by atoms with van der Waals surface area (Å²) >= 11 is 5.37. The lowest BCUT2D eigenvalue weighted by atomic mass is 10.6. The molecule has 7 heavy (non-hydrogen) atoms. The van der Waals surface area contributed by atoms with Crippen molar-refractivity contribution >= 4 is 11.6 Å². The minimum Gasteiger partial charge on any atom is -0.158 e. The molecule has 0 aliphatic carbocycles. The summed E-state index contributed by atoms with van der Waals surface area (Å²) in [4.78, 5) is 0. The van der Waals surface area contributed by atoms with Crippen molar-refractivity contribution in [3.05, 3.63) is 23.5 Å². The summed E-state index contributed by atoms with van der Waals surface area (Å²) in [5.74, 6) is 0. The van der Waals surface area contributed by atoms with E-state index >= 15 is 0 Å². The van der Waals surface area contributed by atoms with Crippen LogP contribution in [0.1, 0.15) is 0 Å². The maximum atomic E-state index is 5.37. The van der Waals surface area contributed by atoms with Crippen molar-refractivity contribution in [1.82, 2.24) is 10.2 Å². The van der Waals surface area contributed by atoms with Gasteiger partial charge in [0.15, 0.2) is 5.15 Å². The van der Waals surface area contributed by atoms with Gasteiger partial charge in [0.25, 0.3) is 0 Å². The topological polar surface area (TPSA) is 25.8 Å². The van der Waals surface area contributed by atoms with Gasteiger partial charge in [-0.1, -0.05) is 11.6 Å². The molecule has 36 valence electrons. The number of halogens is 1. The summed E-state index contributed by atoms with van der Waals surface area (Å²) in [7, 11) is 0. The molecule has 0 aliphatic heterocycles. The molecule has 3 heteroatoms. The molecule has 1 aromatic heterocycles. The molecule has 0 radical (unpaired) electrons. The van der Waals surface area contributed by atoms with Crippen LogP contribution in [0.5, 0.6) is 0 Å². The van der Waals surface area contributed by atoms with Crippen LogP contribution < -0.4 is 0 Å². The van der Waals surface area contributed by atoms with E-state index in [1.54, 1.807) is 18.3 Å². The monoisotopic (exact) mass is 114 g/mol. The number of hydrogen-bond acceptors (Lipinski definition) is 2. The summed E-state index contributed by atoms with van der Waals surface area (Å²) in [6, 6.07) is 3.41. The van der Waals surface area contributed by atoms with Gasteiger partial charge in [0.05, 0.1) is 0 Å². The summed E-state index contributed by atoms with van der Waals surface area (Å²) in [6.07, 6.45) is 1.58. The minimum absolute atomic E-state index is 0.433. The lowest BCUT2D eigenvalue weighted by molar-refractivity contribution is 1.03. The predicted molar refractivity (Wildman–Crippen MR) is 27.0 cm³/mol. The molecule has 0 saturated heterocycles. The van der Waals surface area contributed by atoms with Crippen LogP contribution in [0, 0.1) is 0 Å². The fourth-order valence-electron chi connectivity index (χ4n) is 0.283. The van der Waals surface area contributed by atoms with Crippen LogP contribution in [0.15, 0.2) is 18.3 Å². The van der Waals surface area contributed by atoms with Gasteiger partial charge in [0.2, 0.25) is 0 Å². The SMILES string of the molecule is Clc1cccnn1. The fraction of sp³-hybridized carbons (Fsp3) is 0. The number of nitrogens with zero attached hydrogens (tertiary/aromatic N) is 2. The Bertz CT molecular complexity index is 140. The first-order valence-corrected chi connectivity index (χ1v) is 2.20. The zero-order valence-corrected chi connectivity index (χ0v) is 4.26. The van der Waals surface area contributed by atoms with Crippen LogP contribution in [0.25, 0.3) is 0 Å². The number of hydrogen-bond donors (Lipinski definition) is 0. The van der Waals surface area contributed by atoms with E-state index in [0.29, 0.717) is 5.15 Å². The third-order valence-corrected chi connectivity index (χ3v) is 0.741. The first-order chi connectivity index (χ1) is 3.39. The maximum absolute atomic E-state index is 5.37. The normalized spacial score (nSPS) is 8.71. The van der Waals surface area contributed by atoms with Gasteiger partial charge in [-0.3, -0.25) is 0 Å². The van der Waals surface area contributed by atoms with E-state index in [1.165, 1.54) is 0 Å². The van der Waals surface area contributed by atoms with Crippen LogP contribution in [0.4, 0.5) is 0 Å². The molecule has 1 aromatic rings. The van der Waals surface area contributed by atoms with Gasteiger partial charge in [-0.25, -0.2) is 0 Å². The molecule has 0 unspecified atom stereocenters. The van der Waals surface area contributed by atoms with Gasteiger partial charge in [-0.15, -0.1) is 5.10 Å². The van der Waals surface area contributed by atoms with Crippen molar-refractivity contribution in [2.45, 2.75) is 0 Å². The van der Waals surface area contributed by atoms with Crippen molar-refractivity contribution in [1.29, 1.82) is 0 Å². The molecule has 0 fully saturated rings. The lowest BCUT2D eigenvalue weighted by Gasteiger charge is -1.78. The van der Waals surface area contributed by atoms with Crippen molar-refractivity contribution in [2.75, 3.05) is 0 Å². The van der Waals surface area contributed by atoms with E-state index in [9.17, 15) is 0 Å². The third kappa shape index (κ3) is 1.12. The first-order valence-electron chi connectivity index (χ1n) is 1.83. The van der Waals surface area contributed by atoms with Crippen molar-refractivity contribution in [3.8, 4) is 0 Å². The average Bonchev–Trinajstić information content (AvgIpc) is 1.69. The summed E-state index contributed by atoms with van der Waals surface area (Å²) in [5.41, 5.74) is 0. The number of rotatable bonds is 0. The molecule has 2 nitrogen and oxygen atoms in total. The van der Waals surface area contributed by atoms with Gasteiger partial charge >= 0.3 is 0 Å². The number of aromatic nitrogens is 2. The van der Waals surface area contributed by atoms with Crippen molar-refractivity contribution < 1.29 is 0 Å². The zero-order chi connectivity index (χ0) is 5.11. The van der Waals surface area contributed by atoms with E-state index in [4.69, 9.17) is 11.6 Å². The second-order valence-electron chi connectivity index (χ2n) is 1.05. The van der Waals surface area contributed by atoms with Crippen molar-refractivity contribution in [3.63, 3.8) is 0 Å². The molecule has 0 amide bonds. The Kier molecular flexibility index (Phi) is 1.22. The van der Waals surface area contributed by atoms with E-state index in [0.717, 1.165) is 0 Å². The maximum Gasteiger partial charge on any atom is 0.151 e. The third-order valence-electron chi connectivity index (χ3n) is 0.540. The Hall–Kier alpha value is -0.630. The van der Waals surface area contributed by atoms with Crippen molar-refractivity contribution in [2.24, 2.45) is 0 Å². The van der Waals surface area contributed by atoms with Gasteiger partial charge in [-0.2, -0.15) is 5.10 Å². The van der Waals surface area contributed by atoms with E-state index in [2.05, 4.69) is 10.2 Å². The van der Waals surface area contributed by atoms with E-state index in [-0.39, 0.29) is 0 Å². The highest BCUT2D eigenvalue weighted by Crippen LogP contribution is 1.96. The highest BCUT2D eigenvalue weighted by atomic mass is 35.5. The highest BCUT2D eigenvalue weighted by molar-refractivity contribution is 6.29. The quantitative estimate of drug-likeness (QED) is 0.505. The van der Waals surface area contributed by atoms with Crippen LogP contribution >= 0.6 is 11.6 Å². The second-order valence-corrected chi connectivity index (χ2v) is 1.43. The van der Waals surface area contributed by atoms with E-state index < -0.39 is 0 Å². The highest BCUT2D eigenvalue weighted by Gasteiger charge is 1.78. The Morgan fingerprint density at radius 2 is 2.43 bits per heavy atom. The smallest absolute Gasteiger partial charge is 0.151 e. The Labute approximate surface area is 46.1 Å². The molecule has 0 aliphatic rings. The van der Waals surface area contributed by atoms with Gasteiger partial charge in [0, 0.05) is 6.20 Å². The molecule has 0 N–H and O–H groups in total. The van der Waals surface area contributed by atoms with Crippen LogP contribution in [-0.2, 0) is 0 Å². The molecule has 0 bridgehead atoms. The fourth-order valence-corrected chi connectivity index (χ4v) is 0.399. The molecule has 0 saturated carbocycles. The average molecular weight is 115 g/mol. The standard InChI is InChI=1S/C4H3ClN2/c5-4-2-1-3-6-7-4/h1-3H. The minimum atomic E-state index is 0.433. The first kappa shape index (κ1) is 4.53. The molecular formula is C4H3ClN2. The lowest BCUT2D eigenvalue weighted by Crippen LogP contribution is -1.74. The van der Waals surface area contributed by atoms with Crippen LogP contribution in [0.2, 0.25) is 5.15 Å². The largest absolute Gasteiger partial charge is 0.158 e. The second kappa shape index (κ2) is 1.89. The van der Waals surface area contributed by atoms with Gasteiger partial charge in [-0.05, 0) is 12.1 Å². The summed E-state index contributed by atoms with van der Waals surface area (Å²) < 4.78 is 0. The predicted octanol–water partition coefficient (Wildman–Crippen LogP) is 1.13. The Morgan fingerprint density at radius 3 is 2.71 bits per heavy atom. The van der Waals surface area contributed by atoms with E-state index in [1.807, 2.05) is 0 Å². The molecule has 1 heterocycles. The van der Waals surface area contributed by atoms with Gasteiger partial charge < -0.3 is 0 Å². The molecule has 0 aromatic carbocycles. The molecule has 0 atom stereocenters. The summed E-state index contributed by atoms with van der Waals surface area (Å²) in [6.45, 7) is 0. The Morgan fingerprint density at radius 1 is 1.57 bits per heavy atom. The Balaban J connectivity index is 3.02. The van der Waals surface area contributed by atoms with Gasteiger partial charge in [0.1, 0.15) is 0 Å². The molecular weight excluding hydrogens is 112 g/mol.